The molecule has 0 saturated heterocycles. The Morgan fingerprint density at radius 1 is 1.23 bits per heavy atom. The number of aromatic nitrogens is 3. The van der Waals surface area contributed by atoms with Crippen molar-refractivity contribution in [2.24, 2.45) is 7.05 Å². The number of hydrogen-bond acceptors (Lipinski definition) is 4. The number of hydrogen-bond donors (Lipinski definition) is 1. The molecule has 1 aromatic carbocycles. The second kappa shape index (κ2) is 8.11. The van der Waals surface area contributed by atoms with Crippen LogP contribution in [0.2, 0.25) is 0 Å². The van der Waals surface area contributed by atoms with Gasteiger partial charge in [0, 0.05) is 25.0 Å². The maximum atomic E-state index is 12.3. The fourth-order valence-corrected chi connectivity index (χ4v) is 2.48. The zero-order valence-corrected chi connectivity index (χ0v) is 14.7. The molecule has 0 bridgehead atoms. The number of rotatable bonds is 5. The molecule has 6 heteroatoms. The molecule has 0 saturated carbocycles. The molecule has 0 aliphatic heterocycles. The minimum absolute atomic E-state index is 0.202. The average molecular weight is 348 g/mol. The van der Waals surface area contributed by atoms with Gasteiger partial charge in [0.25, 0.3) is 0 Å². The van der Waals surface area contributed by atoms with Gasteiger partial charge in [0.2, 0.25) is 0 Å². The third-order valence-electron chi connectivity index (χ3n) is 3.75. The quantitative estimate of drug-likeness (QED) is 0.765. The van der Waals surface area contributed by atoms with E-state index in [0.717, 1.165) is 16.7 Å². The topological polar surface area (TPSA) is 69.0 Å². The summed E-state index contributed by atoms with van der Waals surface area (Å²) in [6.07, 6.45) is 6.56. The van der Waals surface area contributed by atoms with Gasteiger partial charge in [-0.2, -0.15) is 5.10 Å². The van der Waals surface area contributed by atoms with Crippen LogP contribution in [0.5, 0.6) is 0 Å². The van der Waals surface area contributed by atoms with Gasteiger partial charge in [0.05, 0.1) is 17.6 Å². The molecule has 2 heterocycles. The summed E-state index contributed by atoms with van der Waals surface area (Å²) in [6, 6.07) is 13.3. The van der Waals surface area contributed by atoms with Crippen molar-refractivity contribution < 1.29 is 9.53 Å². The first-order valence-corrected chi connectivity index (χ1v) is 8.22. The highest BCUT2D eigenvalue weighted by molar-refractivity contribution is 5.89. The van der Waals surface area contributed by atoms with Crippen LogP contribution in [0.3, 0.4) is 0 Å². The Bertz CT molecular complexity index is 916. The fraction of sp³-hybridized carbons (Fsp3) is 0.150. The Balaban J connectivity index is 1.78. The lowest BCUT2D eigenvalue weighted by molar-refractivity contribution is 0.144. The van der Waals surface area contributed by atoms with E-state index >= 15 is 0 Å². The van der Waals surface area contributed by atoms with Crippen molar-refractivity contribution in [3.63, 3.8) is 0 Å². The lowest BCUT2D eigenvalue weighted by Gasteiger charge is -2.12. The molecule has 0 spiro atoms. The first-order valence-electron chi connectivity index (χ1n) is 8.22. The Morgan fingerprint density at radius 2 is 2.04 bits per heavy atom. The predicted octanol–water partition coefficient (Wildman–Crippen LogP) is 3.55. The Hall–Kier alpha value is -3.41. The van der Waals surface area contributed by atoms with E-state index in [4.69, 9.17) is 4.74 Å². The predicted molar refractivity (Wildman–Crippen MR) is 99.8 cm³/mol. The number of amides is 1. The third-order valence-corrected chi connectivity index (χ3v) is 3.75. The van der Waals surface area contributed by atoms with Crippen LogP contribution in [-0.4, -0.2) is 20.9 Å². The molecule has 0 fully saturated rings. The summed E-state index contributed by atoms with van der Waals surface area (Å²) in [6.45, 7) is 2.14. The molecule has 1 N–H and O–H groups in total. The summed E-state index contributed by atoms with van der Waals surface area (Å²) >= 11 is 0. The summed E-state index contributed by atoms with van der Waals surface area (Å²) < 4.78 is 7.02. The summed E-state index contributed by atoms with van der Waals surface area (Å²) in [5, 5.41) is 6.95. The van der Waals surface area contributed by atoms with Gasteiger partial charge in [-0.1, -0.05) is 36.4 Å². The van der Waals surface area contributed by atoms with Crippen LogP contribution >= 0.6 is 0 Å². The van der Waals surface area contributed by atoms with E-state index in [-0.39, 0.29) is 6.61 Å². The van der Waals surface area contributed by atoms with Crippen molar-refractivity contribution in [1.29, 1.82) is 0 Å². The first kappa shape index (κ1) is 17.4. The van der Waals surface area contributed by atoms with Gasteiger partial charge in [-0.25, -0.2) is 4.79 Å². The van der Waals surface area contributed by atoms with E-state index in [9.17, 15) is 4.79 Å². The van der Waals surface area contributed by atoms with E-state index < -0.39 is 6.09 Å². The first-order chi connectivity index (χ1) is 12.6. The molecular formula is C20H20N4O2. The number of pyridine rings is 1. The number of carbonyl (C=O) groups excluding carboxylic acids is 1. The minimum Gasteiger partial charge on any atom is -0.444 e. The lowest BCUT2D eigenvalue weighted by Crippen LogP contribution is -2.23. The summed E-state index contributed by atoms with van der Waals surface area (Å²) in [4.78, 5) is 16.7. The normalized spacial score (nSPS) is 11.2. The second-order valence-corrected chi connectivity index (χ2v) is 5.86. The number of aryl methyl sites for hydroxylation is 2. The van der Waals surface area contributed by atoms with Crippen molar-refractivity contribution in [3.8, 4) is 0 Å². The van der Waals surface area contributed by atoms with Gasteiger partial charge in [0.1, 0.15) is 6.61 Å². The molecule has 6 nitrogen and oxygen atoms in total. The smallest absolute Gasteiger partial charge is 0.412 e. The number of nitrogens with one attached hydrogen (secondary N) is 1. The van der Waals surface area contributed by atoms with E-state index in [1.807, 2.05) is 68.7 Å². The van der Waals surface area contributed by atoms with Gasteiger partial charge < -0.3 is 4.74 Å². The van der Waals surface area contributed by atoms with Crippen LogP contribution in [0.25, 0.3) is 11.8 Å². The van der Waals surface area contributed by atoms with E-state index in [0.29, 0.717) is 11.4 Å². The van der Waals surface area contributed by atoms with Crippen LogP contribution in [0, 0.1) is 6.92 Å². The van der Waals surface area contributed by atoms with Gasteiger partial charge in [0.15, 0.2) is 0 Å². The molecule has 3 rings (SSSR count). The SMILES string of the molecule is Cc1cccnc1/C(=C\c1cnn(C)c1)NC(=O)OCc1ccccc1. The van der Waals surface area contributed by atoms with E-state index in [1.165, 1.54) is 0 Å². The number of ether oxygens (including phenoxy) is 1. The van der Waals surface area contributed by atoms with Crippen molar-refractivity contribution in [1.82, 2.24) is 20.1 Å². The van der Waals surface area contributed by atoms with Crippen LogP contribution < -0.4 is 5.32 Å². The minimum atomic E-state index is -0.533. The van der Waals surface area contributed by atoms with Gasteiger partial charge >= 0.3 is 6.09 Å². The van der Waals surface area contributed by atoms with Crippen molar-refractivity contribution in [3.05, 3.63) is 83.4 Å². The van der Waals surface area contributed by atoms with Gasteiger partial charge in [-0.05, 0) is 30.2 Å². The van der Waals surface area contributed by atoms with Crippen LogP contribution in [0.4, 0.5) is 4.79 Å². The zero-order chi connectivity index (χ0) is 18.4. The molecule has 132 valence electrons. The molecular weight excluding hydrogens is 328 g/mol. The molecule has 0 aliphatic carbocycles. The highest BCUT2D eigenvalue weighted by Gasteiger charge is 2.12. The molecule has 26 heavy (non-hydrogen) atoms. The molecule has 0 atom stereocenters. The Kier molecular flexibility index (Phi) is 5.43. The summed E-state index contributed by atoms with van der Waals surface area (Å²) in [5.41, 5.74) is 3.98. The molecule has 0 radical (unpaired) electrons. The number of nitrogens with zero attached hydrogens (tertiary/aromatic N) is 3. The monoisotopic (exact) mass is 348 g/mol. The number of benzene rings is 1. The fourth-order valence-electron chi connectivity index (χ4n) is 2.48. The Labute approximate surface area is 152 Å². The maximum absolute atomic E-state index is 12.3. The van der Waals surface area contributed by atoms with E-state index in [2.05, 4.69) is 15.4 Å². The number of carbonyl (C=O) groups is 1. The molecule has 0 unspecified atom stereocenters. The van der Waals surface area contributed by atoms with Crippen molar-refractivity contribution in [2.45, 2.75) is 13.5 Å². The average Bonchev–Trinajstić information content (AvgIpc) is 3.06. The van der Waals surface area contributed by atoms with Crippen molar-refractivity contribution >= 4 is 17.9 Å². The summed E-state index contributed by atoms with van der Waals surface area (Å²) in [5.74, 6) is 0. The molecule has 3 aromatic rings. The van der Waals surface area contributed by atoms with E-state index in [1.54, 1.807) is 17.1 Å². The summed E-state index contributed by atoms with van der Waals surface area (Å²) in [7, 11) is 1.84. The largest absolute Gasteiger partial charge is 0.444 e. The van der Waals surface area contributed by atoms with Crippen LogP contribution in [-0.2, 0) is 18.4 Å². The molecule has 1 amide bonds. The maximum Gasteiger partial charge on any atom is 0.412 e. The zero-order valence-electron chi connectivity index (χ0n) is 14.7. The highest BCUT2D eigenvalue weighted by atomic mass is 16.5. The van der Waals surface area contributed by atoms with Gasteiger partial charge in [-0.3, -0.25) is 15.0 Å². The van der Waals surface area contributed by atoms with Crippen LogP contribution in [0.1, 0.15) is 22.4 Å². The second-order valence-electron chi connectivity index (χ2n) is 5.86. The Morgan fingerprint density at radius 3 is 2.73 bits per heavy atom. The lowest BCUT2D eigenvalue weighted by atomic mass is 10.1. The number of alkyl carbamates (subject to hydrolysis) is 1. The standard InChI is InChI=1S/C20H20N4O2/c1-15-7-6-10-21-19(15)18(11-17-12-22-24(2)13-17)23-20(25)26-14-16-8-4-3-5-9-16/h3-13H,14H2,1-2H3,(H,23,25)/b18-11+. The highest BCUT2D eigenvalue weighted by Crippen LogP contribution is 2.17. The molecule has 0 aliphatic rings. The third kappa shape index (κ3) is 4.57. The van der Waals surface area contributed by atoms with Crippen LogP contribution in [0.15, 0.2) is 61.1 Å². The molecule has 2 aromatic heterocycles. The van der Waals surface area contributed by atoms with Gasteiger partial charge in [-0.15, -0.1) is 0 Å². The van der Waals surface area contributed by atoms with Crippen molar-refractivity contribution in [2.75, 3.05) is 0 Å².